The van der Waals surface area contributed by atoms with Crippen LogP contribution in [0.4, 0.5) is 0 Å². The van der Waals surface area contributed by atoms with Crippen LogP contribution in [0, 0.1) is 5.92 Å². The number of nitrogens with one attached hydrogen (secondary N) is 1. The van der Waals surface area contributed by atoms with Gasteiger partial charge in [0.15, 0.2) is 0 Å². The quantitative estimate of drug-likeness (QED) is 0.834. The molecule has 0 spiro atoms. The molecule has 0 aromatic rings. The van der Waals surface area contributed by atoms with Crippen molar-refractivity contribution < 1.29 is 4.79 Å². The lowest BCUT2D eigenvalue weighted by atomic mass is 9.91. The number of carbonyl (C=O) groups excluding carboxylic acids is 1. The van der Waals surface area contributed by atoms with E-state index in [1.165, 1.54) is 19.3 Å². The first kappa shape index (κ1) is 17.7. The summed E-state index contributed by atoms with van der Waals surface area (Å²) in [5.74, 6) is 0.743. The number of rotatable bonds is 4. The fourth-order valence-electron chi connectivity index (χ4n) is 3.38. The summed E-state index contributed by atoms with van der Waals surface area (Å²) in [6.45, 7) is 6.12. The minimum atomic E-state index is -0.0119. The summed E-state index contributed by atoms with van der Waals surface area (Å²) < 4.78 is 0. The maximum atomic E-state index is 12.3. The van der Waals surface area contributed by atoms with E-state index >= 15 is 0 Å². The topological polar surface area (TPSA) is 58.4 Å². The smallest absolute Gasteiger partial charge is 0.237 e. The molecular formula is C15H30ClN3O. The van der Waals surface area contributed by atoms with Gasteiger partial charge in [-0.05, 0) is 52.0 Å². The molecule has 5 heteroatoms. The predicted octanol–water partition coefficient (Wildman–Crippen LogP) is 1.91. The maximum Gasteiger partial charge on any atom is 0.237 e. The molecule has 3 atom stereocenters. The summed E-state index contributed by atoms with van der Waals surface area (Å²) >= 11 is 0. The zero-order valence-electron chi connectivity index (χ0n) is 12.8. The van der Waals surface area contributed by atoms with Crippen LogP contribution in [0.3, 0.4) is 0 Å². The molecule has 2 fully saturated rings. The van der Waals surface area contributed by atoms with Crippen molar-refractivity contribution in [1.29, 1.82) is 0 Å². The fourth-order valence-corrected chi connectivity index (χ4v) is 3.38. The van der Waals surface area contributed by atoms with Crippen molar-refractivity contribution in [3.05, 3.63) is 0 Å². The molecule has 2 rings (SSSR count). The van der Waals surface area contributed by atoms with Gasteiger partial charge in [0, 0.05) is 18.6 Å². The highest BCUT2D eigenvalue weighted by Crippen LogP contribution is 2.21. The van der Waals surface area contributed by atoms with Crippen molar-refractivity contribution in [2.75, 3.05) is 13.1 Å². The van der Waals surface area contributed by atoms with Crippen molar-refractivity contribution in [2.24, 2.45) is 11.7 Å². The Morgan fingerprint density at radius 2 is 1.85 bits per heavy atom. The molecule has 1 amide bonds. The van der Waals surface area contributed by atoms with Crippen molar-refractivity contribution >= 4 is 18.3 Å². The number of nitrogens with zero attached hydrogens (tertiary/aromatic N) is 1. The normalized spacial score (nSPS) is 27.6. The monoisotopic (exact) mass is 303 g/mol. The first-order valence-corrected chi connectivity index (χ1v) is 7.88. The van der Waals surface area contributed by atoms with Crippen molar-refractivity contribution in [3.63, 3.8) is 0 Å². The van der Waals surface area contributed by atoms with Gasteiger partial charge in [-0.1, -0.05) is 12.8 Å². The summed E-state index contributed by atoms with van der Waals surface area (Å²) in [6.07, 6.45) is 7.19. The molecule has 1 aliphatic carbocycles. The number of carbonyl (C=O) groups is 1. The fraction of sp³-hybridized carbons (Fsp3) is 0.933. The summed E-state index contributed by atoms with van der Waals surface area (Å²) in [4.78, 5) is 14.6. The minimum absolute atomic E-state index is 0. The molecule has 1 aliphatic heterocycles. The molecule has 0 aromatic carbocycles. The summed E-state index contributed by atoms with van der Waals surface area (Å²) in [7, 11) is 0. The number of halogens is 1. The van der Waals surface area contributed by atoms with E-state index < -0.39 is 0 Å². The average molecular weight is 304 g/mol. The number of piperidine rings is 1. The average Bonchev–Trinajstić information content (AvgIpc) is 2.90. The maximum absolute atomic E-state index is 12.3. The standard InChI is InChI=1S/C15H29N3O.ClH/c1-11(16)13-6-5-9-18(10-13)12(2)15(19)17-14-7-3-4-8-14;/h11-14H,3-10,16H2,1-2H3,(H,17,19);1H. The van der Waals surface area contributed by atoms with Crippen LogP contribution in [0.5, 0.6) is 0 Å². The van der Waals surface area contributed by atoms with Crippen LogP contribution in [-0.2, 0) is 4.79 Å². The van der Waals surface area contributed by atoms with Gasteiger partial charge >= 0.3 is 0 Å². The van der Waals surface area contributed by atoms with Crippen LogP contribution in [-0.4, -0.2) is 42.0 Å². The minimum Gasteiger partial charge on any atom is -0.352 e. The molecule has 2 aliphatic rings. The van der Waals surface area contributed by atoms with Crippen LogP contribution in [0.15, 0.2) is 0 Å². The molecule has 4 nitrogen and oxygen atoms in total. The zero-order chi connectivity index (χ0) is 13.8. The summed E-state index contributed by atoms with van der Waals surface area (Å²) in [5, 5.41) is 3.21. The van der Waals surface area contributed by atoms with Crippen molar-refractivity contribution in [1.82, 2.24) is 10.2 Å². The number of nitrogens with two attached hydrogens (primary N) is 1. The van der Waals surface area contributed by atoms with Crippen LogP contribution in [0.1, 0.15) is 52.4 Å². The van der Waals surface area contributed by atoms with Crippen molar-refractivity contribution in [2.45, 2.75) is 70.5 Å². The van der Waals surface area contributed by atoms with Crippen LogP contribution in [0.2, 0.25) is 0 Å². The summed E-state index contributed by atoms with van der Waals surface area (Å²) in [6, 6.07) is 0.638. The largest absolute Gasteiger partial charge is 0.352 e. The van der Waals surface area contributed by atoms with E-state index in [9.17, 15) is 4.79 Å². The number of hydrogen-bond donors (Lipinski definition) is 2. The number of hydrogen-bond acceptors (Lipinski definition) is 3. The predicted molar refractivity (Wildman–Crippen MR) is 85.1 cm³/mol. The van der Waals surface area contributed by atoms with Crippen LogP contribution >= 0.6 is 12.4 Å². The Kier molecular flexibility index (Phi) is 7.27. The molecule has 3 unspecified atom stereocenters. The SMILES string of the molecule is CC(N)C1CCCN(C(C)C(=O)NC2CCCC2)C1.Cl. The first-order valence-electron chi connectivity index (χ1n) is 7.88. The lowest BCUT2D eigenvalue weighted by molar-refractivity contribution is -0.127. The van der Waals surface area contributed by atoms with E-state index in [2.05, 4.69) is 17.1 Å². The zero-order valence-corrected chi connectivity index (χ0v) is 13.6. The molecule has 20 heavy (non-hydrogen) atoms. The highest BCUT2D eigenvalue weighted by molar-refractivity contribution is 5.85. The molecule has 1 saturated heterocycles. The van der Waals surface area contributed by atoms with Gasteiger partial charge < -0.3 is 11.1 Å². The van der Waals surface area contributed by atoms with Gasteiger partial charge in [0.25, 0.3) is 0 Å². The van der Waals surface area contributed by atoms with E-state index in [4.69, 9.17) is 5.73 Å². The second-order valence-corrected chi connectivity index (χ2v) is 6.42. The lowest BCUT2D eigenvalue weighted by Gasteiger charge is -2.37. The number of amides is 1. The Morgan fingerprint density at radius 1 is 1.20 bits per heavy atom. The Morgan fingerprint density at radius 3 is 2.45 bits per heavy atom. The third-order valence-corrected chi connectivity index (χ3v) is 4.86. The van der Waals surface area contributed by atoms with E-state index in [0.717, 1.165) is 32.4 Å². The molecule has 0 bridgehead atoms. The Hall–Kier alpha value is -0.320. The van der Waals surface area contributed by atoms with Crippen LogP contribution < -0.4 is 11.1 Å². The van der Waals surface area contributed by atoms with Gasteiger partial charge in [0.1, 0.15) is 0 Å². The third-order valence-electron chi connectivity index (χ3n) is 4.86. The van der Waals surface area contributed by atoms with Gasteiger partial charge in [0.05, 0.1) is 6.04 Å². The molecule has 118 valence electrons. The molecular weight excluding hydrogens is 274 g/mol. The van der Waals surface area contributed by atoms with E-state index in [-0.39, 0.29) is 30.4 Å². The Bertz CT molecular complexity index is 305. The van der Waals surface area contributed by atoms with E-state index in [1.807, 2.05) is 6.92 Å². The second kappa shape index (κ2) is 8.20. The van der Waals surface area contributed by atoms with Gasteiger partial charge in [-0.15, -0.1) is 12.4 Å². The lowest BCUT2D eigenvalue weighted by Crippen LogP contribution is -2.52. The summed E-state index contributed by atoms with van der Waals surface area (Å²) in [5.41, 5.74) is 6.01. The van der Waals surface area contributed by atoms with Crippen LogP contribution in [0.25, 0.3) is 0 Å². The number of likely N-dealkylation sites (tertiary alicyclic amines) is 1. The Labute approximate surface area is 129 Å². The van der Waals surface area contributed by atoms with Gasteiger partial charge in [-0.25, -0.2) is 0 Å². The van der Waals surface area contributed by atoms with Gasteiger partial charge in [-0.2, -0.15) is 0 Å². The third kappa shape index (κ3) is 4.61. The van der Waals surface area contributed by atoms with E-state index in [0.29, 0.717) is 12.0 Å². The molecule has 3 N–H and O–H groups in total. The molecule has 1 heterocycles. The van der Waals surface area contributed by atoms with Gasteiger partial charge in [0.2, 0.25) is 5.91 Å². The molecule has 0 radical (unpaired) electrons. The van der Waals surface area contributed by atoms with Gasteiger partial charge in [-0.3, -0.25) is 9.69 Å². The van der Waals surface area contributed by atoms with E-state index in [1.54, 1.807) is 0 Å². The molecule has 0 aromatic heterocycles. The highest BCUT2D eigenvalue weighted by atomic mass is 35.5. The first-order chi connectivity index (χ1) is 9.08. The Balaban J connectivity index is 0.00000200. The molecule has 1 saturated carbocycles. The highest BCUT2D eigenvalue weighted by Gasteiger charge is 2.30. The second-order valence-electron chi connectivity index (χ2n) is 6.42. The van der Waals surface area contributed by atoms with Crippen molar-refractivity contribution in [3.8, 4) is 0 Å².